The molecule has 1 aromatic carbocycles. The van der Waals surface area contributed by atoms with Gasteiger partial charge in [0.1, 0.15) is 5.54 Å². The maximum Gasteiger partial charge on any atom is 0.451 e. The smallest absolute Gasteiger partial charge is 0.451 e. The molecule has 1 amide bonds. The molecule has 0 bridgehead atoms. The second-order valence-corrected chi connectivity index (χ2v) is 6.97. The number of carbonyl (C=O) groups excluding carboxylic acids is 1. The number of halogens is 1. The van der Waals surface area contributed by atoms with Crippen LogP contribution in [-0.2, 0) is 16.0 Å². The maximum absolute atomic E-state index is 12.5. The lowest BCUT2D eigenvalue weighted by molar-refractivity contribution is -0.144. The summed E-state index contributed by atoms with van der Waals surface area (Å²) in [6.45, 7) is 0.192. The van der Waals surface area contributed by atoms with Crippen molar-refractivity contribution in [2.24, 2.45) is 11.7 Å². The first-order valence-corrected chi connectivity index (χ1v) is 8.51. The second kappa shape index (κ2) is 8.18. The molecule has 5 N–H and O–H groups in total. The zero-order valence-corrected chi connectivity index (χ0v) is 14.5. The molecule has 1 aliphatic rings. The van der Waals surface area contributed by atoms with Gasteiger partial charge in [-0.15, -0.1) is 0 Å². The number of nitrogens with zero attached hydrogens (tertiary/aromatic N) is 1. The Morgan fingerprint density at radius 3 is 2.52 bits per heavy atom. The number of hydrogen-bond acceptors (Lipinski definition) is 5. The summed E-state index contributed by atoms with van der Waals surface area (Å²) < 4.78 is 0. The zero-order chi connectivity index (χ0) is 18.6. The standard InChI is InChI=1S/C16H22BClN2O5/c18-13-5-3-11(4-6-13)8-14(21)20-9-12(2-1-7-17(24)25)16(19,10-20)15(22)23/h3-6,12,24-25H,1-2,7-10,19H2,(H,22,23). The molecule has 0 aromatic heterocycles. The largest absolute Gasteiger partial charge is 0.480 e. The number of carbonyl (C=O) groups is 2. The number of carboxylic acid groups (broad SMARTS) is 1. The molecule has 25 heavy (non-hydrogen) atoms. The Balaban J connectivity index is 2.02. The second-order valence-electron chi connectivity index (χ2n) is 6.53. The molecule has 0 aliphatic carbocycles. The molecule has 136 valence electrons. The van der Waals surface area contributed by atoms with Crippen molar-refractivity contribution in [1.29, 1.82) is 0 Å². The summed E-state index contributed by atoms with van der Waals surface area (Å²) in [7, 11) is -1.43. The summed E-state index contributed by atoms with van der Waals surface area (Å²) in [5, 5.41) is 27.9. The van der Waals surface area contributed by atoms with Crippen molar-refractivity contribution in [2.75, 3.05) is 13.1 Å². The minimum absolute atomic E-state index is 0.0545. The van der Waals surface area contributed by atoms with Crippen LogP contribution in [0.3, 0.4) is 0 Å². The number of rotatable bonds is 7. The van der Waals surface area contributed by atoms with Crippen molar-refractivity contribution in [1.82, 2.24) is 4.90 Å². The monoisotopic (exact) mass is 368 g/mol. The molecule has 1 aromatic rings. The molecular formula is C16H22BClN2O5. The average Bonchev–Trinajstić information content (AvgIpc) is 2.88. The summed E-state index contributed by atoms with van der Waals surface area (Å²) in [4.78, 5) is 25.6. The van der Waals surface area contributed by atoms with Crippen molar-refractivity contribution >= 4 is 30.6 Å². The molecule has 2 unspecified atom stereocenters. The molecule has 0 saturated carbocycles. The lowest BCUT2D eigenvalue weighted by Crippen LogP contribution is -2.55. The molecule has 0 spiro atoms. The van der Waals surface area contributed by atoms with Gasteiger partial charge in [0.15, 0.2) is 0 Å². The fourth-order valence-corrected chi connectivity index (χ4v) is 3.28. The highest BCUT2D eigenvalue weighted by molar-refractivity contribution is 6.40. The van der Waals surface area contributed by atoms with Crippen molar-refractivity contribution in [3.8, 4) is 0 Å². The Morgan fingerprint density at radius 2 is 1.96 bits per heavy atom. The number of likely N-dealkylation sites (tertiary alicyclic amines) is 1. The van der Waals surface area contributed by atoms with Gasteiger partial charge >= 0.3 is 13.1 Å². The molecular weight excluding hydrogens is 346 g/mol. The van der Waals surface area contributed by atoms with Crippen molar-refractivity contribution in [2.45, 2.75) is 31.1 Å². The van der Waals surface area contributed by atoms with Crippen LogP contribution in [0.15, 0.2) is 24.3 Å². The highest BCUT2D eigenvalue weighted by atomic mass is 35.5. The van der Waals surface area contributed by atoms with Crippen LogP contribution in [0.4, 0.5) is 0 Å². The lowest BCUT2D eigenvalue weighted by atomic mass is 9.78. The van der Waals surface area contributed by atoms with E-state index in [1.165, 1.54) is 4.90 Å². The Morgan fingerprint density at radius 1 is 1.32 bits per heavy atom. The molecule has 0 radical (unpaired) electrons. The highest BCUT2D eigenvalue weighted by Gasteiger charge is 2.50. The summed E-state index contributed by atoms with van der Waals surface area (Å²) in [5.74, 6) is -1.77. The third-order valence-corrected chi connectivity index (χ3v) is 4.91. The predicted molar refractivity (Wildman–Crippen MR) is 94.0 cm³/mol. The fourth-order valence-electron chi connectivity index (χ4n) is 3.15. The zero-order valence-electron chi connectivity index (χ0n) is 13.8. The number of aliphatic carboxylic acids is 1. The lowest BCUT2D eigenvalue weighted by Gasteiger charge is -2.25. The Bertz CT molecular complexity index is 627. The average molecular weight is 369 g/mol. The highest BCUT2D eigenvalue weighted by Crippen LogP contribution is 2.31. The van der Waals surface area contributed by atoms with E-state index in [-0.39, 0.29) is 31.7 Å². The minimum Gasteiger partial charge on any atom is -0.480 e. The van der Waals surface area contributed by atoms with Crippen LogP contribution in [0.5, 0.6) is 0 Å². The molecule has 1 heterocycles. The number of amides is 1. The van der Waals surface area contributed by atoms with Gasteiger partial charge in [0.05, 0.1) is 6.42 Å². The maximum atomic E-state index is 12.5. The van der Waals surface area contributed by atoms with Crippen LogP contribution >= 0.6 is 11.6 Å². The number of hydrogen-bond donors (Lipinski definition) is 4. The van der Waals surface area contributed by atoms with Gasteiger partial charge in [0.25, 0.3) is 0 Å². The van der Waals surface area contributed by atoms with Gasteiger partial charge in [-0.25, -0.2) is 0 Å². The molecule has 1 saturated heterocycles. The van der Waals surface area contributed by atoms with Crippen LogP contribution in [0.1, 0.15) is 18.4 Å². The molecule has 1 aliphatic heterocycles. The van der Waals surface area contributed by atoms with Crippen LogP contribution < -0.4 is 5.73 Å². The molecule has 1 fully saturated rings. The van der Waals surface area contributed by atoms with Gasteiger partial charge in [0.2, 0.25) is 5.91 Å². The van der Waals surface area contributed by atoms with Crippen LogP contribution in [0, 0.1) is 5.92 Å². The number of carboxylic acids is 1. The van der Waals surface area contributed by atoms with E-state index in [4.69, 9.17) is 27.4 Å². The van der Waals surface area contributed by atoms with Crippen molar-refractivity contribution in [3.63, 3.8) is 0 Å². The summed E-state index contributed by atoms with van der Waals surface area (Å²) >= 11 is 5.82. The predicted octanol–water partition coefficient (Wildman–Crippen LogP) is 0.376. The Labute approximate surface area is 151 Å². The van der Waals surface area contributed by atoms with Gasteiger partial charge in [-0.1, -0.05) is 30.2 Å². The molecule has 2 atom stereocenters. The first-order valence-electron chi connectivity index (χ1n) is 8.13. The van der Waals surface area contributed by atoms with Crippen LogP contribution in [0.2, 0.25) is 11.3 Å². The molecule has 7 nitrogen and oxygen atoms in total. The number of nitrogens with two attached hydrogens (primary N) is 1. The van der Waals surface area contributed by atoms with Crippen LogP contribution in [0.25, 0.3) is 0 Å². The van der Waals surface area contributed by atoms with E-state index in [1.54, 1.807) is 24.3 Å². The van der Waals surface area contributed by atoms with E-state index >= 15 is 0 Å². The van der Waals surface area contributed by atoms with Gasteiger partial charge in [-0.3, -0.25) is 9.59 Å². The summed E-state index contributed by atoms with van der Waals surface area (Å²) in [6.07, 6.45) is 1.12. The first-order chi connectivity index (χ1) is 11.7. The van der Waals surface area contributed by atoms with Gasteiger partial charge < -0.3 is 25.8 Å². The van der Waals surface area contributed by atoms with Crippen LogP contribution in [-0.4, -0.2) is 57.7 Å². The van der Waals surface area contributed by atoms with E-state index in [0.717, 1.165) is 5.56 Å². The normalized spacial score (nSPS) is 22.9. The van der Waals surface area contributed by atoms with Gasteiger partial charge in [0, 0.05) is 24.0 Å². The SMILES string of the molecule is NC1(C(=O)O)CN(C(=O)Cc2ccc(Cl)cc2)CC1CCCB(O)O. The minimum atomic E-state index is -1.52. The van der Waals surface area contributed by atoms with Gasteiger partial charge in [-0.2, -0.15) is 0 Å². The Kier molecular flexibility index (Phi) is 6.45. The summed E-state index contributed by atoms with van der Waals surface area (Å²) in [6, 6.07) is 6.90. The topological polar surface area (TPSA) is 124 Å². The quantitative estimate of drug-likeness (QED) is 0.516. The molecule has 2 rings (SSSR count). The van der Waals surface area contributed by atoms with Gasteiger partial charge in [-0.05, 0) is 30.4 Å². The third-order valence-electron chi connectivity index (χ3n) is 4.66. The molecule has 9 heteroatoms. The van der Waals surface area contributed by atoms with Crippen molar-refractivity contribution in [3.05, 3.63) is 34.9 Å². The van der Waals surface area contributed by atoms with E-state index in [0.29, 0.717) is 17.9 Å². The summed E-state index contributed by atoms with van der Waals surface area (Å²) in [5.41, 5.74) is 5.34. The third kappa shape index (κ3) is 4.95. The van der Waals surface area contributed by atoms with Crippen molar-refractivity contribution < 1.29 is 24.7 Å². The van der Waals surface area contributed by atoms with E-state index in [1.807, 2.05) is 0 Å². The fraction of sp³-hybridized carbons (Fsp3) is 0.500. The first kappa shape index (κ1) is 19.7. The Hall–Kier alpha value is -1.61. The van der Waals surface area contributed by atoms with E-state index < -0.39 is 24.5 Å². The van der Waals surface area contributed by atoms with E-state index in [2.05, 4.69) is 0 Å². The number of benzene rings is 1. The van der Waals surface area contributed by atoms with E-state index in [9.17, 15) is 14.7 Å².